The molecule has 39 heavy (non-hydrogen) atoms. The maximum atomic E-state index is 16.3. The van der Waals surface area contributed by atoms with Crippen LogP contribution in [0.2, 0.25) is 5.02 Å². The van der Waals surface area contributed by atoms with Crippen LogP contribution in [0.4, 0.5) is 29.2 Å². The highest BCUT2D eigenvalue weighted by atomic mass is 35.5. The van der Waals surface area contributed by atoms with E-state index in [1.165, 1.54) is 13.0 Å². The Hall–Kier alpha value is -2.96. The molecule has 6 heterocycles. The lowest BCUT2D eigenvalue weighted by Gasteiger charge is -2.48. The van der Waals surface area contributed by atoms with Crippen LogP contribution in [-0.4, -0.2) is 71.3 Å². The van der Waals surface area contributed by atoms with Crippen molar-refractivity contribution in [2.75, 3.05) is 43.9 Å². The number of nitrogens with one attached hydrogen (secondary N) is 1. The van der Waals surface area contributed by atoms with Gasteiger partial charge in [-0.25, -0.2) is 9.37 Å². The number of nitrogens with zero attached hydrogens (tertiary/aromatic N) is 5. The Labute approximate surface area is 227 Å². The molecule has 0 unspecified atom stereocenters. The number of anilines is 2. The topological polar surface area (TPSA) is 92.4 Å². The lowest BCUT2D eigenvalue weighted by Crippen LogP contribution is -2.67. The van der Waals surface area contributed by atoms with E-state index in [9.17, 15) is 13.2 Å². The number of aromatic nitrogens is 3. The molecule has 0 amide bonds. The van der Waals surface area contributed by atoms with E-state index in [4.69, 9.17) is 22.1 Å². The third kappa shape index (κ3) is 4.72. The van der Waals surface area contributed by atoms with Crippen LogP contribution in [0.25, 0.3) is 22.2 Å². The summed E-state index contributed by atoms with van der Waals surface area (Å²) < 4.78 is 64.6. The minimum Gasteiger partial charge on any atom is -0.462 e. The van der Waals surface area contributed by atoms with Gasteiger partial charge in [0.1, 0.15) is 23.8 Å². The van der Waals surface area contributed by atoms with E-state index in [1.807, 2.05) is 11.9 Å². The largest absolute Gasteiger partial charge is 0.462 e. The molecule has 3 N–H and O–H groups in total. The van der Waals surface area contributed by atoms with E-state index in [0.717, 1.165) is 31.9 Å². The number of piperazine rings is 1. The number of pyridine rings is 1. The molecule has 7 rings (SSSR count). The van der Waals surface area contributed by atoms with E-state index in [0.29, 0.717) is 30.9 Å². The van der Waals surface area contributed by atoms with E-state index >= 15 is 4.39 Å². The lowest BCUT2D eigenvalue weighted by molar-refractivity contribution is -0.137. The van der Waals surface area contributed by atoms with E-state index in [2.05, 4.69) is 25.2 Å². The number of likely N-dealkylation sites (N-methyl/N-ethyl adjacent to an activating group) is 1. The first-order chi connectivity index (χ1) is 18.5. The first-order valence-electron chi connectivity index (χ1n) is 12.9. The van der Waals surface area contributed by atoms with E-state index in [1.54, 1.807) is 0 Å². The van der Waals surface area contributed by atoms with Gasteiger partial charge < -0.3 is 25.6 Å². The number of nitrogens with two attached hydrogens (primary N) is 1. The molecule has 2 bridgehead atoms. The van der Waals surface area contributed by atoms with Crippen LogP contribution < -0.4 is 20.7 Å². The maximum Gasteiger partial charge on any atom is 0.418 e. The molecule has 0 radical (unpaired) electrons. The summed E-state index contributed by atoms with van der Waals surface area (Å²) in [7, 11) is 2.01. The maximum absolute atomic E-state index is 16.3. The molecule has 2 aromatic heterocycles. The zero-order valence-corrected chi connectivity index (χ0v) is 22.2. The summed E-state index contributed by atoms with van der Waals surface area (Å²) in [5.41, 5.74) is 3.13. The van der Waals surface area contributed by atoms with Crippen molar-refractivity contribution in [2.45, 2.75) is 50.5 Å². The summed E-state index contributed by atoms with van der Waals surface area (Å²) in [4.78, 5) is 17.1. The van der Waals surface area contributed by atoms with Gasteiger partial charge in [0, 0.05) is 36.6 Å². The number of nitrogen functional groups attached to an aromatic ring is 1. The number of ether oxygens (including phenoxy) is 1. The molecular formula is C26H28ClF4N7O. The number of likely N-dealkylation sites (tertiary alicyclic amines) is 1. The van der Waals surface area contributed by atoms with Crippen molar-refractivity contribution in [2.24, 2.45) is 0 Å². The van der Waals surface area contributed by atoms with Gasteiger partial charge in [0.15, 0.2) is 5.82 Å². The fraction of sp³-hybridized carbons (Fsp3) is 0.500. The summed E-state index contributed by atoms with van der Waals surface area (Å²) in [6.45, 7) is 3.79. The van der Waals surface area contributed by atoms with Gasteiger partial charge in [-0.3, -0.25) is 0 Å². The number of halogens is 5. The van der Waals surface area contributed by atoms with Gasteiger partial charge in [0.25, 0.3) is 0 Å². The monoisotopic (exact) mass is 565 g/mol. The number of hydrogen-bond acceptors (Lipinski definition) is 8. The minimum atomic E-state index is -4.81. The fourth-order valence-corrected chi connectivity index (χ4v) is 6.25. The predicted molar refractivity (Wildman–Crippen MR) is 141 cm³/mol. The van der Waals surface area contributed by atoms with Crippen LogP contribution in [0.5, 0.6) is 6.01 Å². The molecule has 8 nitrogen and oxygen atoms in total. The second-order valence-corrected chi connectivity index (χ2v) is 11.1. The summed E-state index contributed by atoms with van der Waals surface area (Å²) in [5, 5.41) is 3.50. The number of rotatable bonds is 5. The van der Waals surface area contributed by atoms with Crippen LogP contribution in [0.1, 0.15) is 30.4 Å². The molecule has 4 saturated heterocycles. The van der Waals surface area contributed by atoms with E-state index in [-0.39, 0.29) is 46.1 Å². The van der Waals surface area contributed by atoms with Gasteiger partial charge in [-0.2, -0.15) is 23.1 Å². The molecule has 208 valence electrons. The van der Waals surface area contributed by atoms with Gasteiger partial charge in [0.2, 0.25) is 0 Å². The van der Waals surface area contributed by atoms with Gasteiger partial charge in [-0.1, -0.05) is 11.6 Å². The average molecular weight is 566 g/mol. The summed E-state index contributed by atoms with van der Waals surface area (Å²) in [6, 6.07) is 3.19. The first-order valence-corrected chi connectivity index (χ1v) is 13.3. The molecule has 4 fully saturated rings. The molecule has 1 aromatic carbocycles. The Morgan fingerprint density at radius 1 is 1.18 bits per heavy atom. The number of aryl methyl sites for hydroxylation is 1. The smallest absolute Gasteiger partial charge is 0.418 e. The van der Waals surface area contributed by atoms with Crippen molar-refractivity contribution in [1.82, 2.24) is 25.2 Å². The Morgan fingerprint density at radius 2 is 1.90 bits per heavy atom. The molecule has 0 spiro atoms. The Balaban J connectivity index is 1.52. The number of hydrogen-bond donors (Lipinski definition) is 2. The van der Waals surface area contributed by atoms with Crippen molar-refractivity contribution in [3.8, 4) is 17.3 Å². The zero-order chi connectivity index (χ0) is 27.6. The normalized spacial score (nSPS) is 23.4. The summed E-state index contributed by atoms with van der Waals surface area (Å²) in [6.07, 6.45) is -1.78. The minimum absolute atomic E-state index is 0.0371. The Kier molecular flexibility index (Phi) is 6.47. The molecule has 13 heteroatoms. The van der Waals surface area contributed by atoms with Gasteiger partial charge in [-0.15, -0.1) is 0 Å². The lowest BCUT2D eigenvalue weighted by atomic mass is 9.91. The number of fused-ring (bicyclic) bond motifs is 3. The van der Waals surface area contributed by atoms with Crippen LogP contribution in [0, 0.1) is 12.7 Å². The second-order valence-electron chi connectivity index (χ2n) is 10.6. The molecular weight excluding hydrogens is 538 g/mol. The zero-order valence-electron chi connectivity index (χ0n) is 21.4. The average Bonchev–Trinajstić information content (AvgIpc) is 3.25. The molecule has 0 saturated carbocycles. The van der Waals surface area contributed by atoms with Crippen molar-refractivity contribution in [3.05, 3.63) is 34.1 Å². The Morgan fingerprint density at radius 3 is 2.54 bits per heavy atom. The molecule has 4 aliphatic heterocycles. The standard InChI is InChI=1S/C26H28ClF4N7O/c1-12-6-18(32)34-23(20(12)26(29,30)31)19-17(27)8-16-22(21(19)28)35-25(39-11-15-4-3-5-37(15)2)36-24(16)38-9-13-7-14(10-38)33-13/h6,8,13-15,33H,3-5,7,9-11H2,1-2H3,(H2,32,34)/t13-,14-,15-/m0/s1. The van der Waals surface area contributed by atoms with Crippen molar-refractivity contribution < 1.29 is 22.3 Å². The molecule has 0 aliphatic carbocycles. The van der Waals surface area contributed by atoms with Gasteiger partial charge in [0.05, 0.1) is 21.8 Å². The second kappa shape index (κ2) is 9.60. The highest BCUT2D eigenvalue weighted by Gasteiger charge is 2.40. The van der Waals surface area contributed by atoms with Crippen LogP contribution in [0.15, 0.2) is 12.1 Å². The highest BCUT2D eigenvalue weighted by molar-refractivity contribution is 6.34. The number of benzene rings is 1. The molecule has 3 atom stereocenters. The Bertz CT molecular complexity index is 1440. The SMILES string of the molecule is Cc1cc(N)nc(-c2c(Cl)cc3c(N4C[C@@H]5C[C@@H](C4)N5)nc(OC[C@@H]4CCCN4C)nc3c2F)c1C(F)(F)F. The van der Waals surface area contributed by atoms with E-state index < -0.39 is 28.8 Å². The summed E-state index contributed by atoms with van der Waals surface area (Å²) in [5.74, 6) is -0.780. The van der Waals surface area contributed by atoms with Crippen molar-refractivity contribution >= 4 is 34.1 Å². The third-order valence-corrected chi connectivity index (χ3v) is 8.19. The van der Waals surface area contributed by atoms with Gasteiger partial charge in [-0.05, 0) is 57.5 Å². The number of alkyl halides is 3. The predicted octanol–water partition coefficient (Wildman–Crippen LogP) is 4.42. The van der Waals surface area contributed by atoms with Crippen molar-refractivity contribution in [1.29, 1.82) is 0 Å². The third-order valence-electron chi connectivity index (χ3n) is 7.90. The molecule has 4 aliphatic rings. The van der Waals surface area contributed by atoms with Gasteiger partial charge >= 0.3 is 12.2 Å². The first kappa shape index (κ1) is 26.3. The summed E-state index contributed by atoms with van der Waals surface area (Å²) >= 11 is 6.51. The highest BCUT2D eigenvalue weighted by Crippen LogP contribution is 2.45. The quantitative estimate of drug-likeness (QED) is 0.439. The van der Waals surface area contributed by atoms with Crippen LogP contribution in [-0.2, 0) is 6.18 Å². The number of piperidine rings is 1. The molecule has 3 aromatic rings. The van der Waals surface area contributed by atoms with Crippen LogP contribution in [0.3, 0.4) is 0 Å². The van der Waals surface area contributed by atoms with Crippen molar-refractivity contribution in [3.63, 3.8) is 0 Å². The van der Waals surface area contributed by atoms with Crippen LogP contribution >= 0.6 is 11.6 Å². The fourth-order valence-electron chi connectivity index (χ4n) is 5.97.